The van der Waals surface area contributed by atoms with Gasteiger partial charge in [-0.05, 0) is 18.1 Å². The number of carbonyl (C=O) groups excluding carboxylic acids is 1. The van der Waals surface area contributed by atoms with E-state index in [0.717, 1.165) is 11.1 Å². The summed E-state index contributed by atoms with van der Waals surface area (Å²) in [4.78, 5) is 17.9. The Hall–Kier alpha value is -2.46. The Bertz CT molecular complexity index is 641. The van der Waals surface area contributed by atoms with Gasteiger partial charge in [0.05, 0.1) is 24.9 Å². The van der Waals surface area contributed by atoms with Crippen molar-refractivity contribution in [2.75, 3.05) is 7.05 Å². The van der Waals surface area contributed by atoms with Crippen molar-refractivity contribution in [2.24, 2.45) is 4.99 Å². The fourth-order valence-corrected chi connectivity index (χ4v) is 2.24. The third-order valence-corrected chi connectivity index (χ3v) is 3.87. The summed E-state index contributed by atoms with van der Waals surface area (Å²) in [6, 6.07) is 18.8. The molecule has 0 aliphatic rings. The van der Waals surface area contributed by atoms with E-state index in [4.69, 9.17) is 0 Å². The van der Waals surface area contributed by atoms with E-state index in [-0.39, 0.29) is 11.9 Å². The molecule has 23 heavy (non-hydrogen) atoms. The minimum absolute atomic E-state index is 0.219. The van der Waals surface area contributed by atoms with Gasteiger partial charge in [0.25, 0.3) is 5.91 Å². The van der Waals surface area contributed by atoms with Crippen LogP contribution in [-0.4, -0.2) is 35.2 Å². The van der Waals surface area contributed by atoms with E-state index in [2.05, 4.69) is 4.99 Å². The molecule has 2 aromatic carbocycles. The van der Waals surface area contributed by atoms with Crippen molar-refractivity contribution < 1.29 is 9.90 Å². The smallest absolute Gasteiger partial charge is 0.264 e. The Morgan fingerprint density at radius 2 is 1.70 bits per heavy atom. The van der Waals surface area contributed by atoms with Crippen molar-refractivity contribution in [3.05, 3.63) is 71.8 Å². The Labute approximate surface area is 137 Å². The van der Waals surface area contributed by atoms with Crippen LogP contribution >= 0.6 is 0 Å². The molecular weight excluding hydrogens is 288 g/mol. The zero-order chi connectivity index (χ0) is 16.7. The third kappa shape index (κ3) is 4.76. The maximum atomic E-state index is 12.2. The van der Waals surface area contributed by atoms with E-state index in [1.54, 1.807) is 7.05 Å². The average Bonchev–Trinajstić information content (AvgIpc) is 2.61. The molecule has 2 aromatic rings. The van der Waals surface area contributed by atoms with E-state index in [0.29, 0.717) is 6.54 Å². The summed E-state index contributed by atoms with van der Waals surface area (Å²) in [5.74, 6) is -0.219. The second-order valence-electron chi connectivity index (χ2n) is 5.50. The highest BCUT2D eigenvalue weighted by molar-refractivity contribution is 6.26. The first-order valence-electron chi connectivity index (χ1n) is 7.63. The molecule has 0 aliphatic carbocycles. The van der Waals surface area contributed by atoms with Gasteiger partial charge in [-0.1, -0.05) is 60.7 Å². The van der Waals surface area contributed by atoms with Crippen molar-refractivity contribution in [3.8, 4) is 0 Å². The lowest BCUT2D eigenvalue weighted by molar-refractivity contribution is -0.126. The molecule has 0 radical (unpaired) electrons. The number of amides is 1. The number of rotatable bonds is 6. The lowest BCUT2D eigenvalue weighted by atomic mass is 10.0. The number of aliphatic hydroxyl groups excluding tert-OH is 1. The second-order valence-corrected chi connectivity index (χ2v) is 5.50. The van der Waals surface area contributed by atoms with E-state index in [9.17, 15) is 9.90 Å². The fourth-order valence-electron chi connectivity index (χ4n) is 2.24. The first-order valence-corrected chi connectivity index (χ1v) is 7.63. The van der Waals surface area contributed by atoms with Crippen LogP contribution in [0.3, 0.4) is 0 Å². The number of aliphatic hydroxyl groups is 1. The number of likely N-dealkylation sites (N-methyl/N-ethyl adjacent to an activating group) is 1. The molecule has 0 unspecified atom stereocenters. The predicted octanol–water partition coefficient (Wildman–Crippen LogP) is 2.84. The molecule has 0 spiro atoms. The Balaban J connectivity index is 1.93. The summed E-state index contributed by atoms with van der Waals surface area (Å²) in [5.41, 5.74) is 1.84. The van der Waals surface area contributed by atoms with Crippen molar-refractivity contribution >= 4 is 12.1 Å². The summed E-state index contributed by atoms with van der Waals surface area (Å²) in [5, 5.41) is 10.4. The topological polar surface area (TPSA) is 52.9 Å². The third-order valence-electron chi connectivity index (χ3n) is 3.87. The second kappa shape index (κ2) is 8.25. The average molecular weight is 310 g/mol. The van der Waals surface area contributed by atoms with E-state index < -0.39 is 6.10 Å². The molecule has 4 heteroatoms. The summed E-state index contributed by atoms with van der Waals surface area (Å²) in [6.45, 7) is 2.29. The number of benzene rings is 2. The summed E-state index contributed by atoms with van der Waals surface area (Å²) in [7, 11) is 1.67. The van der Waals surface area contributed by atoms with Crippen molar-refractivity contribution in [3.63, 3.8) is 0 Å². The van der Waals surface area contributed by atoms with Gasteiger partial charge in [-0.3, -0.25) is 9.79 Å². The fraction of sp³-hybridized carbons (Fsp3) is 0.263. The quantitative estimate of drug-likeness (QED) is 0.834. The number of aliphatic imine (C=N–C) groups is 1. The zero-order valence-corrected chi connectivity index (χ0v) is 13.5. The van der Waals surface area contributed by atoms with Crippen LogP contribution < -0.4 is 0 Å². The minimum atomic E-state index is -0.729. The molecule has 2 atom stereocenters. The van der Waals surface area contributed by atoms with Crippen LogP contribution in [0.25, 0.3) is 0 Å². The van der Waals surface area contributed by atoms with Gasteiger partial charge in [-0.15, -0.1) is 0 Å². The standard InChI is InChI=1S/C19H22N2O2/c1-15(19(23)17-11-7-4-8-12-17)21(2)18(22)14-20-13-16-9-5-3-6-10-16/h3-12,14-15,19,23H,13H2,1-2H3/t15-,19+/m0/s1. The van der Waals surface area contributed by atoms with Crippen molar-refractivity contribution in [2.45, 2.75) is 25.6 Å². The van der Waals surface area contributed by atoms with E-state index in [1.807, 2.05) is 67.6 Å². The molecule has 0 saturated carbocycles. The zero-order valence-electron chi connectivity index (χ0n) is 13.5. The van der Waals surface area contributed by atoms with Gasteiger partial charge >= 0.3 is 0 Å². The van der Waals surface area contributed by atoms with Gasteiger partial charge in [-0.2, -0.15) is 0 Å². The van der Waals surface area contributed by atoms with Gasteiger partial charge < -0.3 is 10.0 Å². The SMILES string of the molecule is C[C@@H]([C@@H](O)c1ccccc1)N(C)C(=O)C=NCc1ccccc1. The molecule has 0 heterocycles. The molecule has 2 rings (SSSR count). The molecule has 0 bridgehead atoms. The Kier molecular flexibility index (Phi) is 6.06. The summed E-state index contributed by atoms with van der Waals surface area (Å²) in [6.07, 6.45) is 0.592. The van der Waals surface area contributed by atoms with Gasteiger partial charge in [-0.25, -0.2) is 0 Å². The molecule has 1 N–H and O–H groups in total. The van der Waals surface area contributed by atoms with Gasteiger partial charge in [0.15, 0.2) is 0 Å². The number of carbonyl (C=O) groups is 1. The molecule has 120 valence electrons. The van der Waals surface area contributed by atoms with E-state index >= 15 is 0 Å². The molecule has 0 fully saturated rings. The molecule has 0 saturated heterocycles. The number of hydrogen-bond acceptors (Lipinski definition) is 3. The molecular formula is C19H22N2O2. The molecule has 1 amide bonds. The van der Waals surface area contributed by atoms with Crippen molar-refractivity contribution in [1.29, 1.82) is 0 Å². The summed E-state index contributed by atoms with van der Waals surface area (Å²) >= 11 is 0. The number of hydrogen-bond donors (Lipinski definition) is 1. The van der Waals surface area contributed by atoms with Crippen LogP contribution in [0.5, 0.6) is 0 Å². The Morgan fingerprint density at radius 1 is 1.13 bits per heavy atom. The minimum Gasteiger partial charge on any atom is -0.386 e. The number of nitrogens with zero attached hydrogens (tertiary/aromatic N) is 2. The summed E-state index contributed by atoms with van der Waals surface area (Å²) < 4.78 is 0. The first-order chi connectivity index (χ1) is 11.1. The van der Waals surface area contributed by atoms with Crippen molar-refractivity contribution in [1.82, 2.24) is 4.90 Å². The highest BCUT2D eigenvalue weighted by Crippen LogP contribution is 2.19. The lowest BCUT2D eigenvalue weighted by Gasteiger charge is -2.28. The highest BCUT2D eigenvalue weighted by atomic mass is 16.3. The van der Waals surface area contributed by atoms with Crippen LogP contribution in [0.2, 0.25) is 0 Å². The largest absolute Gasteiger partial charge is 0.386 e. The van der Waals surface area contributed by atoms with E-state index in [1.165, 1.54) is 11.1 Å². The monoisotopic (exact) mass is 310 g/mol. The normalized spacial score (nSPS) is 13.7. The van der Waals surface area contributed by atoms with Crippen LogP contribution in [-0.2, 0) is 11.3 Å². The molecule has 0 aliphatic heterocycles. The van der Waals surface area contributed by atoms with Crippen LogP contribution in [0.1, 0.15) is 24.2 Å². The van der Waals surface area contributed by atoms with Crippen LogP contribution in [0.15, 0.2) is 65.7 Å². The van der Waals surface area contributed by atoms with Gasteiger partial charge in [0, 0.05) is 7.05 Å². The Morgan fingerprint density at radius 3 is 2.30 bits per heavy atom. The highest BCUT2D eigenvalue weighted by Gasteiger charge is 2.22. The van der Waals surface area contributed by atoms with Crippen LogP contribution in [0, 0.1) is 0 Å². The van der Waals surface area contributed by atoms with Gasteiger partial charge in [0.2, 0.25) is 0 Å². The van der Waals surface area contributed by atoms with Gasteiger partial charge in [0.1, 0.15) is 0 Å². The van der Waals surface area contributed by atoms with Crippen LogP contribution in [0.4, 0.5) is 0 Å². The molecule has 4 nitrogen and oxygen atoms in total. The maximum Gasteiger partial charge on any atom is 0.264 e. The molecule has 0 aromatic heterocycles. The lowest BCUT2D eigenvalue weighted by Crippen LogP contribution is -2.39. The maximum absolute atomic E-state index is 12.2. The predicted molar refractivity (Wildman–Crippen MR) is 92.3 cm³/mol. The first kappa shape index (κ1) is 16.9.